The molecule has 0 radical (unpaired) electrons. The highest BCUT2D eigenvalue weighted by Gasteiger charge is 2.17. The van der Waals surface area contributed by atoms with Crippen LogP contribution in [-0.2, 0) is 6.54 Å². The number of nitrogens with zero attached hydrogens (tertiary/aromatic N) is 4. The minimum absolute atomic E-state index is 0.0448. The lowest BCUT2D eigenvalue weighted by molar-refractivity contribution is 0.194. The lowest BCUT2D eigenvalue weighted by Gasteiger charge is -2.26. The van der Waals surface area contributed by atoms with E-state index >= 15 is 0 Å². The minimum atomic E-state index is -0.0962. The molecule has 0 aliphatic heterocycles. The van der Waals surface area contributed by atoms with E-state index in [4.69, 9.17) is 0 Å². The Morgan fingerprint density at radius 2 is 1.92 bits per heavy atom. The summed E-state index contributed by atoms with van der Waals surface area (Å²) in [5.74, 6) is 0. The van der Waals surface area contributed by atoms with Gasteiger partial charge in [0.15, 0.2) is 0 Å². The standard InChI is InChI=1S/C20H23N5O/c1-15-6-4-5-7-18(15)12-22-20(26)24(3)16(2)17-8-10-19(11-9-17)25-14-21-13-23-25/h4-11,13-14,16H,12H2,1-3H3,(H,22,26). The molecule has 3 aromatic rings. The van der Waals surface area contributed by atoms with Crippen LogP contribution in [-0.4, -0.2) is 32.7 Å². The van der Waals surface area contributed by atoms with E-state index in [1.807, 2.05) is 69.4 Å². The molecule has 0 saturated carbocycles. The molecule has 0 spiro atoms. The van der Waals surface area contributed by atoms with Crippen LogP contribution < -0.4 is 5.32 Å². The summed E-state index contributed by atoms with van der Waals surface area (Å²) >= 11 is 0. The molecule has 0 bridgehead atoms. The van der Waals surface area contributed by atoms with Crippen molar-refractivity contribution in [3.05, 3.63) is 77.9 Å². The number of amides is 2. The van der Waals surface area contributed by atoms with Gasteiger partial charge < -0.3 is 10.2 Å². The van der Waals surface area contributed by atoms with E-state index in [9.17, 15) is 4.79 Å². The molecule has 0 saturated heterocycles. The summed E-state index contributed by atoms with van der Waals surface area (Å²) in [4.78, 5) is 18.1. The highest BCUT2D eigenvalue weighted by atomic mass is 16.2. The Bertz CT molecular complexity index is 858. The van der Waals surface area contributed by atoms with E-state index in [1.54, 1.807) is 15.9 Å². The molecule has 1 atom stereocenters. The summed E-state index contributed by atoms with van der Waals surface area (Å²) in [6.45, 7) is 4.58. The van der Waals surface area contributed by atoms with Crippen molar-refractivity contribution in [2.24, 2.45) is 0 Å². The third-order valence-electron chi connectivity index (χ3n) is 4.65. The number of nitrogens with one attached hydrogen (secondary N) is 1. The Kier molecular flexibility index (Phi) is 5.31. The molecule has 2 aromatic carbocycles. The minimum Gasteiger partial charge on any atom is -0.334 e. The van der Waals surface area contributed by atoms with Gasteiger partial charge in [0.1, 0.15) is 12.7 Å². The molecule has 26 heavy (non-hydrogen) atoms. The van der Waals surface area contributed by atoms with Crippen LogP contribution in [0.2, 0.25) is 0 Å². The molecule has 1 N–H and O–H groups in total. The number of rotatable bonds is 5. The van der Waals surface area contributed by atoms with Crippen molar-refractivity contribution in [3.8, 4) is 5.69 Å². The summed E-state index contributed by atoms with van der Waals surface area (Å²) in [5.41, 5.74) is 4.29. The van der Waals surface area contributed by atoms with Crippen LogP contribution in [0, 0.1) is 6.92 Å². The van der Waals surface area contributed by atoms with Gasteiger partial charge in [-0.15, -0.1) is 0 Å². The third-order valence-corrected chi connectivity index (χ3v) is 4.65. The van der Waals surface area contributed by atoms with Crippen LogP contribution in [0.25, 0.3) is 5.69 Å². The van der Waals surface area contributed by atoms with Crippen LogP contribution in [0.3, 0.4) is 0 Å². The maximum atomic E-state index is 12.5. The zero-order valence-corrected chi connectivity index (χ0v) is 15.3. The van der Waals surface area contributed by atoms with Crippen molar-refractivity contribution in [1.82, 2.24) is 25.0 Å². The third kappa shape index (κ3) is 3.91. The van der Waals surface area contributed by atoms with E-state index in [1.165, 1.54) is 11.9 Å². The van der Waals surface area contributed by atoms with Crippen LogP contribution in [0.1, 0.15) is 29.7 Å². The zero-order chi connectivity index (χ0) is 18.5. The Balaban J connectivity index is 1.62. The van der Waals surface area contributed by atoms with Crippen molar-refractivity contribution in [2.75, 3.05) is 7.05 Å². The fourth-order valence-corrected chi connectivity index (χ4v) is 2.75. The van der Waals surface area contributed by atoms with Gasteiger partial charge in [0.2, 0.25) is 0 Å². The van der Waals surface area contributed by atoms with Crippen molar-refractivity contribution < 1.29 is 4.79 Å². The second-order valence-electron chi connectivity index (χ2n) is 6.30. The molecule has 134 valence electrons. The first-order chi connectivity index (χ1) is 12.6. The number of hydrogen-bond acceptors (Lipinski definition) is 3. The molecule has 1 aromatic heterocycles. The van der Waals surface area contributed by atoms with E-state index in [0.29, 0.717) is 6.54 Å². The van der Waals surface area contributed by atoms with Crippen LogP contribution in [0.5, 0.6) is 0 Å². The molecule has 6 heteroatoms. The molecule has 0 aliphatic rings. The van der Waals surface area contributed by atoms with Crippen molar-refractivity contribution in [2.45, 2.75) is 26.4 Å². The smallest absolute Gasteiger partial charge is 0.317 e. The van der Waals surface area contributed by atoms with E-state index in [2.05, 4.69) is 15.4 Å². The van der Waals surface area contributed by atoms with Gasteiger partial charge >= 0.3 is 6.03 Å². The number of hydrogen-bond donors (Lipinski definition) is 1. The molecular formula is C20H23N5O. The van der Waals surface area contributed by atoms with Gasteiger partial charge in [-0.05, 0) is 42.7 Å². The first-order valence-electron chi connectivity index (χ1n) is 8.56. The highest BCUT2D eigenvalue weighted by molar-refractivity contribution is 5.74. The molecule has 2 amide bonds. The van der Waals surface area contributed by atoms with E-state index in [0.717, 1.165) is 16.8 Å². The van der Waals surface area contributed by atoms with Gasteiger partial charge in [-0.2, -0.15) is 5.10 Å². The zero-order valence-electron chi connectivity index (χ0n) is 15.3. The van der Waals surface area contributed by atoms with Crippen LogP contribution in [0.4, 0.5) is 4.79 Å². The van der Waals surface area contributed by atoms with Crippen molar-refractivity contribution in [1.29, 1.82) is 0 Å². The molecule has 0 aliphatic carbocycles. The van der Waals surface area contributed by atoms with Crippen molar-refractivity contribution in [3.63, 3.8) is 0 Å². The quantitative estimate of drug-likeness (QED) is 0.767. The summed E-state index contributed by atoms with van der Waals surface area (Å²) in [7, 11) is 1.81. The van der Waals surface area contributed by atoms with E-state index in [-0.39, 0.29) is 12.1 Å². The SMILES string of the molecule is Cc1ccccc1CNC(=O)N(C)C(C)c1ccc(-n2cncn2)cc1. The Hall–Kier alpha value is -3.15. The molecule has 6 nitrogen and oxygen atoms in total. The Morgan fingerprint density at radius 3 is 2.58 bits per heavy atom. The maximum absolute atomic E-state index is 12.5. The highest BCUT2D eigenvalue weighted by Crippen LogP contribution is 2.20. The monoisotopic (exact) mass is 349 g/mol. The number of carbonyl (C=O) groups is 1. The number of benzene rings is 2. The largest absolute Gasteiger partial charge is 0.334 e. The number of carbonyl (C=O) groups excluding carboxylic acids is 1. The van der Waals surface area contributed by atoms with Gasteiger partial charge in [0, 0.05) is 13.6 Å². The van der Waals surface area contributed by atoms with Gasteiger partial charge in [0.05, 0.1) is 11.7 Å². The predicted octanol–water partition coefficient (Wildman–Crippen LogP) is 3.48. The van der Waals surface area contributed by atoms with Gasteiger partial charge in [-0.25, -0.2) is 14.5 Å². The van der Waals surface area contributed by atoms with Crippen molar-refractivity contribution >= 4 is 6.03 Å². The maximum Gasteiger partial charge on any atom is 0.317 e. The molecule has 1 unspecified atom stereocenters. The number of urea groups is 1. The average molecular weight is 349 g/mol. The molecular weight excluding hydrogens is 326 g/mol. The summed E-state index contributed by atoms with van der Waals surface area (Å²) in [6, 6.07) is 15.9. The second-order valence-corrected chi connectivity index (χ2v) is 6.30. The number of aromatic nitrogens is 3. The average Bonchev–Trinajstić information content (AvgIpc) is 3.21. The van der Waals surface area contributed by atoms with E-state index < -0.39 is 0 Å². The first-order valence-corrected chi connectivity index (χ1v) is 8.56. The van der Waals surface area contributed by atoms with Gasteiger partial charge in [-0.3, -0.25) is 0 Å². The van der Waals surface area contributed by atoms with Crippen LogP contribution >= 0.6 is 0 Å². The number of aryl methyl sites for hydroxylation is 1. The Morgan fingerprint density at radius 1 is 1.19 bits per heavy atom. The lowest BCUT2D eigenvalue weighted by Crippen LogP contribution is -2.38. The molecule has 3 rings (SSSR count). The molecule has 1 heterocycles. The second kappa shape index (κ2) is 7.82. The lowest BCUT2D eigenvalue weighted by atomic mass is 10.1. The predicted molar refractivity (Wildman–Crippen MR) is 101 cm³/mol. The first kappa shape index (κ1) is 17.7. The van der Waals surface area contributed by atoms with Gasteiger partial charge in [-0.1, -0.05) is 36.4 Å². The van der Waals surface area contributed by atoms with Crippen LogP contribution in [0.15, 0.2) is 61.2 Å². The fraction of sp³-hybridized carbons (Fsp3) is 0.250. The van der Waals surface area contributed by atoms with Gasteiger partial charge in [0.25, 0.3) is 0 Å². The summed E-state index contributed by atoms with van der Waals surface area (Å²) in [6.07, 6.45) is 3.16. The molecule has 0 fully saturated rings. The summed E-state index contributed by atoms with van der Waals surface area (Å²) in [5, 5.41) is 7.10. The normalized spacial score (nSPS) is 11.8. The summed E-state index contributed by atoms with van der Waals surface area (Å²) < 4.78 is 1.70. The fourth-order valence-electron chi connectivity index (χ4n) is 2.75. The topological polar surface area (TPSA) is 63.1 Å². The Labute approximate surface area is 153 Å².